The van der Waals surface area contributed by atoms with Crippen molar-refractivity contribution in [2.75, 3.05) is 12.4 Å². The summed E-state index contributed by atoms with van der Waals surface area (Å²) >= 11 is 0. The molecule has 1 unspecified atom stereocenters. The van der Waals surface area contributed by atoms with E-state index in [1.807, 2.05) is 0 Å². The third-order valence-electron chi connectivity index (χ3n) is 6.22. The SMILES string of the molecule is C=NN1C(=NC)C=C(Nc2cccn(C3CC(F)C3)c2=O)N/C1=C(/C)C(=O)NC1CC[C@@H]1F. The Morgan fingerprint density at radius 1 is 1.30 bits per heavy atom. The van der Waals surface area contributed by atoms with Crippen molar-refractivity contribution in [1.29, 1.82) is 0 Å². The molecule has 11 heteroatoms. The summed E-state index contributed by atoms with van der Waals surface area (Å²) in [5.74, 6) is 0.591. The summed E-state index contributed by atoms with van der Waals surface area (Å²) in [7, 11) is 1.56. The highest BCUT2D eigenvalue weighted by Gasteiger charge is 2.34. The molecule has 0 bridgehead atoms. The quantitative estimate of drug-likeness (QED) is 0.447. The molecule has 1 aromatic heterocycles. The lowest BCUT2D eigenvalue weighted by Crippen LogP contribution is -2.49. The van der Waals surface area contributed by atoms with Crippen molar-refractivity contribution >= 4 is 24.1 Å². The second kappa shape index (κ2) is 9.16. The molecule has 1 aliphatic heterocycles. The van der Waals surface area contributed by atoms with E-state index in [4.69, 9.17) is 0 Å². The van der Waals surface area contributed by atoms with Crippen LogP contribution in [-0.2, 0) is 4.79 Å². The standard InChI is InChI=1S/C22H27F2N7O2/c1-12(21(32)28-16-7-6-15(16)24)20-29-18(11-19(25-2)31(20)26-3)27-17-5-4-8-30(22(17)33)14-9-13(23)10-14/h4-5,8,11,13-16,27,29H,3,6-7,9-10H2,1-2H3,(H,28,32)/b20-12+,25-19?/t13?,14?,15-,16?/m0/s1. The minimum atomic E-state index is -1.05. The van der Waals surface area contributed by atoms with Crippen molar-refractivity contribution in [3.63, 3.8) is 0 Å². The number of hydrogen-bond acceptors (Lipinski definition) is 6. The second-order valence-electron chi connectivity index (χ2n) is 8.35. The predicted molar refractivity (Wildman–Crippen MR) is 122 cm³/mol. The van der Waals surface area contributed by atoms with Gasteiger partial charge in [-0.3, -0.25) is 14.6 Å². The van der Waals surface area contributed by atoms with Crippen LogP contribution in [0.5, 0.6) is 0 Å². The van der Waals surface area contributed by atoms with Crippen LogP contribution >= 0.6 is 0 Å². The van der Waals surface area contributed by atoms with E-state index >= 15 is 0 Å². The minimum Gasteiger partial charge on any atom is -0.347 e. The molecule has 176 valence electrons. The number of halogens is 2. The van der Waals surface area contributed by atoms with Gasteiger partial charge in [-0.15, -0.1) is 0 Å². The van der Waals surface area contributed by atoms with Crippen molar-refractivity contribution in [3.05, 3.63) is 52.0 Å². The van der Waals surface area contributed by atoms with E-state index in [1.165, 1.54) is 9.58 Å². The molecule has 2 saturated carbocycles. The number of amidine groups is 1. The van der Waals surface area contributed by atoms with Gasteiger partial charge < -0.3 is 20.5 Å². The first kappa shape index (κ1) is 22.7. The Hall–Kier alpha value is -3.50. The molecular formula is C22H27F2N7O2. The van der Waals surface area contributed by atoms with Gasteiger partial charge in [0.1, 0.15) is 29.7 Å². The van der Waals surface area contributed by atoms with Crippen molar-refractivity contribution in [2.45, 2.75) is 57.0 Å². The van der Waals surface area contributed by atoms with Crippen molar-refractivity contribution in [1.82, 2.24) is 20.2 Å². The molecule has 1 aromatic rings. The lowest BCUT2D eigenvalue weighted by atomic mass is 9.90. The number of nitrogens with one attached hydrogen (secondary N) is 3. The van der Waals surface area contributed by atoms with E-state index in [1.54, 1.807) is 38.4 Å². The number of hydrazone groups is 1. The lowest BCUT2D eigenvalue weighted by Gasteiger charge is -2.33. The Kier molecular flexibility index (Phi) is 6.30. The maximum Gasteiger partial charge on any atom is 0.274 e. The average Bonchev–Trinajstić information content (AvgIpc) is 2.79. The number of carbonyl (C=O) groups excluding carboxylic acids is 1. The number of pyridine rings is 1. The molecule has 4 rings (SSSR count). The number of aliphatic imine (C=N–C) groups is 1. The third kappa shape index (κ3) is 4.39. The van der Waals surface area contributed by atoms with Gasteiger partial charge in [0, 0.05) is 32.1 Å². The van der Waals surface area contributed by atoms with Crippen molar-refractivity contribution in [2.24, 2.45) is 10.1 Å². The van der Waals surface area contributed by atoms with E-state index in [0.29, 0.717) is 37.3 Å². The molecule has 2 aliphatic carbocycles. The van der Waals surface area contributed by atoms with Gasteiger partial charge in [0.05, 0.1) is 11.6 Å². The zero-order valence-corrected chi connectivity index (χ0v) is 18.5. The summed E-state index contributed by atoms with van der Waals surface area (Å²) in [4.78, 5) is 29.8. The third-order valence-corrected chi connectivity index (χ3v) is 6.22. The highest BCUT2D eigenvalue weighted by molar-refractivity contribution is 5.99. The maximum absolute atomic E-state index is 13.6. The molecule has 0 spiro atoms. The molecule has 2 atom stereocenters. The highest BCUT2D eigenvalue weighted by atomic mass is 19.1. The fraction of sp³-hybridized carbons (Fsp3) is 0.455. The molecule has 1 amide bonds. The van der Waals surface area contributed by atoms with Crippen LogP contribution in [0.4, 0.5) is 14.5 Å². The number of hydrogen-bond donors (Lipinski definition) is 3. The van der Waals surface area contributed by atoms with Crippen molar-refractivity contribution in [3.8, 4) is 0 Å². The van der Waals surface area contributed by atoms with Crippen LogP contribution in [0.2, 0.25) is 0 Å². The average molecular weight is 460 g/mol. The first-order chi connectivity index (χ1) is 15.8. The first-order valence-electron chi connectivity index (χ1n) is 10.8. The first-order valence-corrected chi connectivity index (χ1v) is 10.8. The Bertz CT molecular complexity index is 1100. The molecule has 0 saturated heterocycles. The van der Waals surface area contributed by atoms with E-state index in [9.17, 15) is 18.4 Å². The summed E-state index contributed by atoms with van der Waals surface area (Å²) in [5, 5.41) is 14.1. The summed E-state index contributed by atoms with van der Waals surface area (Å²) in [6.07, 6.45) is 3.00. The molecule has 9 nitrogen and oxygen atoms in total. The molecule has 33 heavy (non-hydrogen) atoms. The van der Waals surface area contributed by atoms with Gasteiger partial charge in [-0.25, -0.2) is 8.78 Å². The zero-order chi connectivity index (χ0) is 23.7. The number of amides is 1. The topological polar surface area (TPSA) is 103 Å². The molecule has 3 N–H and O–H groups in total. The number of alkyl halides is 2. The number of nitrogens with zero attached hydrogens (tertiary/aromatic N) is 4. The van der Waals surface area contributed by atoms with Crippen LogP contribution in [0.1, 0.15) is 38.6 Å². The molecule has 0 radical (unpaired) electrons. The van der Waals surface area contributed by atoms with Crippen LogP contribution in [0.25, 0.3) is 0 Å². The van der Waals surface area contributed by atoms with Gasteiger partial charge in [-0.2, -0.15) is 10.1 Å². The monoisotopic (exact) mass is 459 g/mol. The molecule has 2 fully saturated rings. The summed E-state index contributed by atoms with van der Waals surface area (Å²) in [5.41, 5.74) is 0.254. The van der Waals surface area contributed by atoms with Gasteiger partial charge in [0.2, 0.25) is 0 Å². The lowest BCUT2D eigenvalue weighted by molar-refractivity contribution is -0.119. The highest BCUT2D eigenvalue weighted by Crippen LogP contribution is 2.33. The molecule has 0 aromatic carbocycles. The summed E-state index contributed by atoms with van der Waals surface area (Å²) in [6, 6.07) is 2.66. The molecular weight excluding hydrogens is 432 g/mol. The van der Waals surface area contributed by atoms with Crippen LogP contribution < -0.4 is 21.5 Å². The minimum absolute atomic E-state index is 0.164. The predicted octanol–water partition coefficient (Wildman–Crippen LogP) is 2.17. The van der Waals surface area contributed by atoms with Gasteiger partial charge in [-0.05, 0) is 44.7 Å². The van der Waals surface area contributed by atoms with Gasteiger partial charge >= 0.3 is 0 Å². The van der Waals surface area contributed by atoms with Crippen LogP contribution in [-0.4, -0.2) is 53.5 Å². The van der Waals surface area contributed by atoms with Crippen molar-refractivity contribution < 1.29 is 13.6 Å². The van der Waals surface area contributed by atoms with E-state index in [-0.39, 0.29) is 28.7 Å². The van der Waals surface area contributed by atoms with Gasteiger partial charge in [0.15, 0.2) is 5.84 Å². The largest absolute Gasteiger partial charge is 0.347 e. The Morgan fingerprint density at radius 2 is 2.06 bits per heavy atom. The number of aromatic nitrogens is 1. The Morgan fingerprint density at radius 3 is 2.64 bits per heavy atom. The van der Waals surface area contributed by atoms with E-state index in [2.05, 4.69) is 32.8 Å². The zero-order valence-electron chi connectivity index (χ0n) is 18.5. The number of rotatable bonds is 6. The number of anilines is 1. The maximum atomic E-state index is 13.6. The molecule has 2 heterocycles. The second-order valence-corrected chi connectivity index (χ2v) is 8.35. The summed E-state index contributed by atoms with van der Waals surface area (Å²) in [6.45, 7) is 5.13. The number of carbonyl (C=O) groups is 1. The normalized spacial score (nSPS) is 29.3. The van der Waals surface area contributed by atoms with Gasteiger partial charge in [0.25, 0.3) is 11.5 Å². The fourth-order valence-electron chi connectivity index (χ4n) is 3.94. The van der Waals surface area contributed by atoms with Gasteiger partial charge in [-0.1, -0.05) is 0 Å². The van der Waals surface area contributed by atoms with E-state index < -0.39 is 24.3 Å². The Labute approximate surface area is 189 Å². The van der Waals surface area contributed by atoms with E-state index in [0.717, 1.165) is 0 Å². The van der Waals surface area contributed by atoms with Crippen LogP contribution in [0.3, 0.4) is 0 Å². The summed E-state index contributed by atoms with van der Waals surface area (Å²) < 4.78 is 28.4. The van der Waals surface area contributed by atoms with Crippen LogP contribution in [0, 0.1) is 0 Å². The molecule has 3 aliphatic rings. The Balaban J connectivity index is 1.60. The van der Waals surface area contributed by atoms with Crippen LogP contribution in [0.15, 0.2) is 56.5 Å². The smallest absolute Gasteiger partial charge is 0.274 e. The fourth-order valence-corrected chi connectivity index (χ4v) is 3.94.